The lowest BCUT2D eigenvalue weighted by molar-refractivity contribution is -0.252. The molecule has 9 heteroatoms. The van der Waals surface area contributed by atoms with Gasteiger partial charge in [0.1, 0.15) is 0 Å². The second kappa shape index (κ2) is 18.3. The Morgan fingerprint density at radius 2 is 1.39 bits per heavy atom. The summed E-state index contributed by atoms with van der Waals surface area (Å²) in [6, 6.07) is 33.1. The maximum absolute atomic E-state index is 12.6. The highest BCUT2D eigenvalue weighted by Gasteiger charge is 2.32. The normalized spacial score (nSPS) is 17.5. The van der Waals surface area contributed by atoms with Crippen molar-refractivity contribution in [3.05, 3.63) is 125 Å². The molecule has 0 aliphatic carbocycles. The largest absolute Gasteiger partial charge is 0.397 e. The molecule has 0 radical (unpaired) electrons. The van der Waals surface area contributed by atoms with Crippen molar-refractivity contribution in [2.24, 2.45) is 0 Å². The average Bonchev–Trinajstić information content (AvgIpc) is 3.11. The zero-order valence-corrected chi connectivity index (χ0v) is 28.2. The number of carbonyl (C=O) groups is 2. The van der Waals surface area contributed by atoms with E-state index in [1.807, 2.05) is 66.7 Å². The number of nitrogens with zero attached hydrogens (tertiary/aromatic N) is 1. The Balaban J connectivity index is 1.09. The molecule has 5 N–H and O–H groups in total. The molecular formula is C40H48N4O5. The van der Waals surface area contributed by atoms with Gasteiger partial charge in [0, 0.05) is 43.6 Å². The first-order chi connectivity index (χ1) is 23.9. The van der Waals surface area contributed by atoms with Crippen molar-refractivity contribution in [1.82, 2.24) is 4.90 Å². The summed E-state index contributed by atoms with van der Waals surface area (Å²) >= 11 is 0. The minimum absolute atomic E-state index is 0.000456. The lowest BCUT2D eigenvalue weighted by Gasteiger charge is -2.38. The summed E-state index contributed by atoms with van der Waals surface area (Å²) in [5.41, 5.74) is 11.8. The van der Waals surface area contributed by atoms with E-state index in [1.165, 1.54) is 5.56 Å². The molecule has 1 aliphatic heterocycles. The van der Waals surface area contributed by atoms with E-state index in [2.05, 4.69) is 46.8 Å². The summed E-state index contributed by atoms with van der Waals surface area (Å²) in [7, 11) is 2.10. The number of likely N-dealkylation sites (N-methyl/N-ethyl adjacent to an activating group) is 1. The number of hydrogen-bond acceptors (Lipinski definition) is 7. The number of carbonyl (C=O) groups excluding carboxylic acids is 2. The minimum atomic E-state index is -0.566. The summed E-state index contributed by atoms with van der Waals surface area (Å²) in [6.07, 6.45) is 3.99. The van der Waals surface area contributed by atoms with Crippen LogP contribution in [0.2, 0.25) is 0 Å². The van der Waals surface area contributed by atoms with Crippen LogP contribution < -0.4 is 16.4 Å². The van der Waals surface area contributed by atoms with Gasteiger partial charge in [-0.05, 0) is 60.8 Å². The van der Waals surface area contributed by atoms with E-state index in [0.29, 0.717) is 30.6 Å². The minimum Gasteiger partial charge on any atom is -0.397 e. The van der Waals surface area contributed by atoms with Crippen molar-refractivity contribution in [3.63, 3.8) is 0 Å². The number of nitrogens with one attached hydrogen (secondary N) is 2. The number of para-hydroxylation sites is 2. The number of benzene rings is 4. The number of nitrogens with two attached hydrogens (primary N) is 1. The van der Waals surface area contributed by atoms with Gasteiger partial charge in [0.05, 0.1) is 30.2 Å². The molecule has 1 saturated heterocycles. The van der Waals surface area contributed by atoms with Crippen LogP contribution in [-0.4, -0.2) is 41.5 Å². The van der Waals surface area contributed by atoms with Gasteiger partial charge < -0.3 is 30.9 Å². The van der Waals surface area contributed by atoms with E-state index in [0.717, 1.165) is 61.2 Å². The first kappa shape index (κ1) is 35.8. The van der Waals surface area contributed by atoms with Crippen molar-refractivity contribution in [2.45, 2.75) is 76.6 Å². The second-order valence-corrected chi connectivity index (χ2v) is 12.8. The molecule has 0 spiro atoms. The standard InChI is InChI=1S/C40H48N4O5/c1-44(26-29-11-5-4-6-12-29)27-34-25-37(31-19-17-30(28-45)18-20-31)49-40(48-34)32-21-23-33(24-22-32)42-38(46)15-7-2-3-8-16-39(47)43-36-14-10-9-13-35(36)41/h4-6,9-14,17-24,34,37,40,45H,2-3,7-8,15-16,25-28,41H2,1H3,(H,42,46)(H,43,47)/t34-,37+,40+/m1/s1. The average molecular weight is 665 g/mol. The van der Waals surface area contributed by atoms with Gasteiger partial charge in [-0.1, -0.05) is 91.7 Å². The summed E-state index contributed by atoms with van der Waals surface area (Å²) in [5.74, 6) is -0.0932. The highest BCUT2D eigenvalue weighted by atomic mass is 16.7. The Morgan fingerprint density at radius 3 is 2.06 bits per heavy atom. The van der Waals surface area contributed by atoms with Crippen molar-refractivity contribution >= 4 is 28.9 Å². The SMILES string of the molecule is CN(Cc1ccccc1)C[C@H]1C[C@@H](c2ccc(CO)cc2)O[C@@H](c2ccc(NC(=O)CCCCCCC(=O)Nc3ccccc3N)cc2)O1. The Hall–Kier alpha value is -4.54. The molecule has 258 valence electrons. The van der Waals surface area contributed by atoms with E-state index in [9.17, 15) is 14.7 Å². The molecule has 1 aliphatic rings. The van der Waals surface area contributed by atoms with Crippen LogP contribution >= 0.6 is 0 Å². The molecule has 4 aromatic carbocycles. The first-order valence-electron chi connectivity index (χ1n) is 17.1. The third kappa shape index (κ3) is 11.3. The van der Waals surface area contributed by atoms with E-state index in [1.54, 1.807) is 12.1 Å². The third-order valence-corrected chi connectivity index (χ3v) is 8.68. The van der Waals surface area contributed by atoms with Crippen LogP contribution in [0.15, 0.2) is 103 Å². The Morgan fingerprint density at radius 1 is 0.755 bits per heavy atom. The van der Waals surface area contributed by atoms with E-state index in [-0.39, 0.29) is 30.6 Å². The summed E-state index contributed by atoms with van der Waals surface area (Å²) in [5, 5.41) is 15.3. The van der Waals surface area contributed by atoms with Gasteiger partial charge in [-0.2, -0.15) is 0 Å². The number of aliphatic hydroxyl groups is 1. The van der Waals surface area contributed by atoms with Crippen molar-refractivity contribution < 1.29 is 24.2 Å². The van der Waals surface area contributed by atoms with E-state index in [4.69, 9.17) is 15.2 Å². The monoisotopic (exact) mass is 664 g/mol. The smallest absolute Gasteiger partial charge is 0.224 e. The van der Waals surface area contributed by atoms with E-state index < -0.39 is 6.29 Å². The van der Waals surface area contributed by atoms with Crippen molar-refractivity contribution in [2.75, 3.05) is 30.0 Å². The van der Waals surface area contributed by atoms with Gasteiger partial charge in [0.25, 0.3) is 0 Å². The Bertz CT molecular complexity index is 1610. The molecular weight excluding hydrogens is 616 g/mol. The number of rotatable bonds is 16. The molecule has 9 nitrogen and oxygen atoms in total. The van der Waals surface area contributed by atoms with Gasteiger partial charge in [-0.3, -0.25) is 14.5 Å². The van der Waals surface area contributed by atoms with Gasteiger partial charge >= 0.3 is 0 Å². The van der Waals surface area contributed by atoms with E-state index >= 15 is 0 Å². The maximum Gasteiger partial charge on any atom is 0.224 e. The third-order valence-electron chi connectivity index (χ3n) is 8.68. The van der Waals surface area contributed by atoms with Gasteiger partial charge in [-0.15, -0.1) is 0 Å². The van der Waals surface area contributed by atoms with Crippen LogP contribution in [0, 0.1) is 0 Å². The molecule has 2 amide bonds. The van der Waals surface area contributed by atoms with Crippen molar-refractivity contribution in [1.29, 1.82) is 0 Å². The lowest BCUT2D eigenvalue weighted by atomic mass is 9.99. The van der Waals surface area contributed by atoms with Crippen LogP contribution in [0.25, 0.3) is 0 Å². The number of nitrogen functional groups attached to an aromatic ring is 1. The Kier molecular flexibility index (Phi) is 13.3. The fraction of sp³-hybridized carbons (Fsp3) is 0.350. The molecule has 1 fully saturated rings. The zero-order chi connectivity index (χ0) is 34.4. The fourth-order valence-electron chi connectivity index (χ4n) is 6.04. The number of aliphatic hydroxyl groups excluding tert-OH is 1. The predicted molar refractivity (Wildman–Crippen MR) is 193 cm³/mol. The van der Waals surface area contributed by atoms with Gasteiger partial charge in [-0.25, -0.2) is 0 Å². The first-order valence-corrected chi connectivity index (χ1v) is 17.1. The number of unbranched alkanes of at least 4 members (excludes halogenated alkanes) is 3. The van der Waals surface area contributed by atoms with Crippen LogP contribution in [0.4, 0.5) is 17.1 Å². The van der Waals surface area contributed by atoms with Gasteiger partial charge in [0.15, 0.2) is 6.29 Å². The van der Waals surface area contributed by atoms with Crippen LogP contribution in [-0.2, 0) is 32.2 Å². The van der Waals surface area contributed by atoms with Crippen LogP contribution in [0.1, 0.15) is 79.6 Å². The van der Waals surface area contributed by atoms with Crippen LogP contribution in [0.3, 0.4) is 0 Å². The molecule has 4 aromatic rings. The number of hydrogen-bond donors (Lipinski definition) is 4. The predicted octanol–water partition coefficient (Wildman–Crippen LogP) is 7.36. The summed E-state index contributed by atoms with van der Waals surface area (Å²) in [4.78, 5) is 27.1. The molecule has 0 unspecified atom stereocenters. The summed E-state index contributed by atoms with van der Waals surface area (Å²) in [6.45, 7) is 1.56. The molecule has 0 saturated carbocycles. The second-order valence-electron chi connectivity index (χ2n) is 12.8. The highest BCUT2D eigenvalue weighted by Crippen LogP contribution is 2.38. The van der Waals surface area contributed by atoms with Gasteiger partial charge in [0.2, 0.25) is 11.8 Å². The molecule has 5 rings (SSSR count). The maximum atomic E-state index is 12.6. The lowest BCUT2D eigenvalue weighted by Crippen LogP contribution is -2.37. The molecule has 3 atom stereocenters. The molecule has 1 heterocycles. The topological polar surface area (TPSA) is 126 Å². The van der Waals surface area contributed by atoms with Crippen molar-refractivity contribution in [3.8, 4) is 0 Å². The summed E-state index contributed by atoms with van der Waals surface area (Å²) < 4.78 is 13.0. The zero-order valence-electron chi connectivity index (χ0n) is 28.2. The Labute approximate surface area is 289 Å². The number of anilines is 3. The highest BCUT2D eigenvalue weighted by molar-refractivity contribution is 5.93. The van der Waals surface area contributed by atoms with Crippen LogP contribution in [0.5, 0.6) is 0 Å². The molecule has 0 aromatic heterocycles. The number of ether oxygens (including phenoxy) is 2. The molecule has 0 bridgehead atoms. The molecule has 49 heavy (non-hydrogen) atoms. The quantitative estimate of drug-likeness (QED) is 0.0729. The number of amides is 2. The fourth-order valence-corrected chi connectivity index (χ4v) is 6.04.